The highest BCUT2D eigenvalue weighted by molar-refractivity contribution is 5.63. The smallest absolute Gasteiger partial charge is 0.126 e. The summed E-state index contributed by atoms with van der Waals surface area (Å²) in [6.07, 6.45) is 2.87. The van der Waals surface area contributed by atoms with Gasteiger partial charge in [-0.3, -0.25) is 0 Å². The van der Waals surface area contributed by atoms with Gasteiger partial charge in [0.2, 0.25) is 0 Å². The predicted octanol–water partition coefficient (Wildman–Crippen LogP) is 2.89. The fraction of sp³-hybridized carbons (Fsp3) is 0.333. The summed E-state index contributed by atoms with van der Waals surface area (Å²) in [5.41, 5.74) is 8.08. The van der Waals surface area contributed by atoms with Crippen LogP contribution in [0.4, 0.5) is 4.39 Å². The Bertz CT molecular complexity index is 342. The molecule has 0 bridgehead atoms. The summed E-state index contributed by atoms with van der Waals surface area (Å²) in [6.45, 7) is 4.36. The van der Waals surface area contributed by atoms with Crippen LogP contribution in [0.5, 0.6) is 0 Å². The predicted molar refractivity (Wildman–Crippen MR) is 58.5 cm³/mol. The van der Waals surface area contributed by atoms with Gasteiger partial charge in [0.15, 0.2) is 0 Å². The van der Waals surface area contributed by atoms with Crippen LogP contribution < -0.4 is 5.73 Å². The Morgan fingerprint density at radius 1 is 1.50 bits per heavy atom. The molecule has 1 aromatic rings. The third-order valence-corrected chi connectivity index (χ3v) is 2.24. The van der Waals surface area contributed by atoms with Crippen LogP contribution in [0.2, 0.25) is 0 Å². The number of halogens is 1. The van der Waals surface area contributed by atoms with E-state index in [2.05, 4.69) is 0 Å². The molecule has 1 nitrogen and oxygen atoms in total. The number of aryl methyl sites for hydroxylation is 1. The molecule has 0 aliphatic rings. The lowest BCUT2D eigenvalue weighted by atomic mass is 10.0. The Labute approximate surface area is 84.4 Å². The number of hydrogen-bond donors (Lipinski definition) is 1. The van der Waals surface area contributed by atoms with E-state index in [9.17, 15) is 4.39 Å². The van der Waals surface area contributed by atoms with Gasteiger partial charge >= 0.3 is 0 Å². The molecule has 0 aromatic heterocycles. The maximum atomic E-state index is 13.2. The van der Waals surface area contributed by atoms with Gasteiger partial charge in [0.05, 0.1) is 0 Å². The van der Waals surface area contributed by atoms with Gasteiger partial charge in [-0.05, 0) is 49.6 Å². The number of hydrogen-bond acceptors (Lipinski definition) is 1. The van der Waals surface area contributed by atoms with Crippen molar-refractivity contribution in [2.45, 2.75) is 20.3 Å². The normalized spacial score (nSPS) is 11.9. The topological polar surface area (TPSA) is 26.0 Å². The Kier molecular flexibility index (Phi) is 3.84. The first-order chi connectivity index (χ1) is 6.65. The summed E-state index contributed by atoms with van der Waals surface area (Å²) in [5, 5.41) is 0. The average Bonchev–Trinajstić information content (AvgIpc) is 2.18. The summed E-state index contributed by atoms with van der Waals surface area (Å²) < 4.78 is 13.2. The van der Waals surface area contributed by atoms with Crippen LogP contribution in [0.15, 0.2) is 24.3 Å². The first-order valence-corrected chi connectivity index (χ1v) is 4.78. The molecule has 1 aromatic carbocycles. The highest BCUT2D eigenvalue weighted by atomic mass is 19.1. The van der Waals surface area contributed by atoms with E-state index in [1.807, 2.05) is 19.1 Å². The molecule has 0 aliphatic heterocycles. The number of nitrogens with two attached hydrogens (primary N) is 1. The Morgan fingerprint density at radius 2 is 2.21 bits per heavy atom. The van der Waals surface area contributed by atoms with Crippen LogP contribution in [0, 0.1) is 12.7 Å². The molecule has 0 atom stereocenters. The molecule has 2 heteroatoms. The lowest BCUT2D eigenvalue weighted by molar-refractivity contribution is 0.618. The van der Waals surface area contributed by atoms with E-state index in [0.29, 0.717) is 12.1 Å². The quantitative estimate of drug-likeness (QED) is 0.784. The molecule has 14 heavy (non-hydrogen) atoms. The Balaban J connectivity index is 2.91. The van der Waals surface area contributed by atoms with Crippen LogP contribution in [-0.2, 0) is 0 Å². The van der Waals surface area contributed by atoms with E-state index < -0.39 is 0 Å². The zero-order valence-electron chi connectivity index (χ0n) is 8.68. The highest BCUT2D eigenvalue weighted by Crippen LogP contribution is 2.17. The minimum Gasteiger partial charge on any atom is -0.330 e. The van der Waals surface area contributed by atoms with E-state index in [4.69, 9.17) is 5.73 Å². The summed E-state index contributed by atoms with van der Waals surface area (Å²) in [7, 11) is 0. The Morgan fingerprint density at radius 3 is 2.79 bits per heavy atom. The monoisotopic (exact) mass is 193 g/mol. The standard InChI is InChI=1S/C12H16FN/c1-9(4-3-7-14)11-6-5-10(2)12(13)8-11/h4-6,8H,3,7,14H2,1-2H3. The molecular formula is C12H16FN. The van der Waals surface area contributed by atoms with Gasteiger partial charge in [0, 0.05) is 0 Å². The summed E-state index contributed by atoms with van der Waals surface area (Å²) in [5.74, 6) is -0.150. The van der Waals surface area contributed by atoms with E-state index in [1.54, 1.807) is 19.1 Å². The largest absolute Gasteiger partial charge is 0.330 e. The molecule has 0 heterocycles. The van der Waals surface area contributed by atoms with E-state index in [-0.39, 0.29) is 5.82 Å². The number of allylic oxidation sites excluding steroid dienone is 1. The summed E-state index contributed by atoms with van der Waals surface area (Å²) >= 11 is 0. The third kappa shape index (κ3) is 2.67. The minimum absolute atomic E-state index is 0.150. The van der Waals surface area contributed by atoms with Gasteiger partial charge in [0.1, 0.15) is 5.82 Å². The molecule has 2 N–H and O–H groups in total. The lowest BCUT2D eigenvalue weighted by Gasteiger charge is -2.03. The second-order valence-electron chi connectivity index (χ2n) is 3.43. The molecule has 76 valence electrons. The van der Waals surface area contributed by atoms with Crippen LogP contribution in [-0.4, -0.2) is 6.54 Å². The van der Waals surface area contributed by atoms with Gasteiger partial charge in [-0.15, -0.1) is 0 Å². The molecule has 1 rings (SSSR count). The second kappa shape index (κ2) is 4.91. The van der Waals surface area contributed by atoms with E-state index in [0.717, 1.165) is 17.6 Å². The highest BCUT2D eigenvalue weighted by Gasteiger charge is 2.00. The lowest BCUT2D eigenvalue weighted by Crippen LogP contribution is -1.96. The van der Waals surface area contributed by atoms with Crippen molar-refractivity contribution in [1.82, 2.24) is 0 Å². The third-order valence-electron chi connectivity index (χ3n) is 2.24. The molecule has 0 amide bonds. The van der Waals surface area contributed by atoms with Crippen molar-refractivity contribution in [3.05, 3.63) is 41.2 Å². The van der Waals surface area contributed by atoms with Gasteiger partial charge in [0.25, 0.3) is 0 Å². The molecule has 0 saturated heterocycles. The second-order valence-corrected chi connectivity index (χ2v) is 3.43. The first kappa shape index (κ1) is 10.9. The SMILES string of the molecule is CC(=CCCN)c1ccc(C)c(F)c1. The maximum absolute atomic E-state index is 13.2. The van der Waals surface area contributed by atoms with Crippen molar-refractivity contribution in [1.29, 1.82) is 0 Å². The van der Waals surface area contributed by atoms with Crippen LogP contribution in [0.25, 0.3) is 5.57 Å². The molecule has 0 fully saturated rings. The fourth-order valence-corrected chi connectivity index (χ4v) is 1.26. The zero-order valence-corrected chi connectivity index (χ0v) is 8.68. The van der Waals surface area contributed by atoms with E-state index >= 15 is 0 Å². The summed E-state index contributed by atoms with van der Waals surface area (Å²) in [4.78, 5) is 0. The number of rotatable bonds is 3. The van der Waals surface area contributed by atoms with Gasteiger partial charge < -0.3 is 5.73 Å². The molecular weight excluding hydrogens is 177 g/mol. The van der Waals surface area contributed by atoms with E-state index in [1.165, 1.54) is 0 Å². The van der Waals surface area contributed by atoms with Gasteiger partial charge in [-0.25, -0.2) is 4.39 Å². The van der Waals surface area contributed by atoms with Crippen molar-refractivity contribution in [3.63, 3.8) is 0 Å². The number of benzene rings is 1. The van der Waals surface area contributed by atoms with Gasteiger partial charge in [-0.1, -0.05) is 18.2 Å². The fourth-order valence-electron chi connectivity index (χ4n) is 1.26. The van der Waals surface area contributed by atoms with Crippen LogP contribution in [0.3, 0.4) is 0 Å². The van der Waals surface area contributed by atoms with Crippen LogP contribution >= 0.6 is 0 Å². The van der Waals surface area contributed by atoms with Crippen molar-refractivity contribution in [2.24, 2.45) is 5.73 Å². The minimum atomic E-state index is -0.150. The average molecular weight is 193 g/mol. The summed E-state index contributed by atoms with van der Waals surface area (Å²) in [6, 6.07) is 5.29. The Hall–Kier alpha value is -1.15. The molecule has 0 saturated carbocycles. The molecule has 0 radical (unpaired) electrons. The van der Waals surface area contributed by atoms with Gasteiger partial charge in [-0.2, -0.15) is 0 Å². The van der Waals surface area contributed by atoms with Crippen molar-refractivity contribution >= 4 is 5.57 Å². The first-order valence-electron chi connectivity index (χ1n) is 4.78. The zero-order chi connectivity index (χ0) is 10.6. The van der Waals surface area contributed by atoms with Crippen LogP contribution in [0.1, 0.15) is 24.5 Å². The molecule has 0 spiro atoms. The van der Waals surface area contributed by atoms with Crippen molar-refractivity contribution < 1.29 is 4.39 Å². The molecule has 0 aliphatic carbocycles. The maximum Gasteiger partial charge on any atom is 0.126 e. The van der Waals surface area contributed by atoms with Crippen molar-refractivity contribution in [3.8, 4) is 0 Å². The molecule has 0 unspecified atom stereocenters. The van der Waals surface area contributed by atoms with Crippen molar-refractivity contribution in [2.75, 3.05) is 6.54 Å².